The number of carbonyl (C=O) groups excluding carboxylic acids is 1. The van der Waals surface area contributed by atoms with Gasteiger partial charge in [-0.25, -0.2) is 0 Å². The second kappa shape index (κ2) is 3.38. The lowest BCUT2D eigenvalue weighted by molar-refractivity contribution is -0.104. The van der Waals surface area contributed by atoms with Gasteiger partial charge in [0.15, 0.2) is 0 Å². The third-order valence-electron chi connectivity index (χ3n) is 0.690. The number of aliphatic hydroxyl groups excluding tert-OH is 1. The quantitative estimate of drug-likeness (QED) is 0.419. The van der Waals surface area contributed by atoms with E-state index in [1.54, 1.807) is 13.8 Å². The van der Waals surface area contributed by atoms with Gasteiger partial charge in [-0.15, -0.1) is 0 Å². The summed E-state index contributed by atoms with van der Waals surface area (Å²) < 4.78 is 0. The van der Waals surface area contributed by atoms with E-state index in [1.807, 2.05) is 0 Å². The molecular formula is C6H10O2. The largest absolute Gasteiger partial charge is 0.389 e. The van der Waals surface area contributed by atoms with Crippen LogP contribution in [-0.4, -0.2) is 17.5 Å². The zero-order chi connectivity index (χ0) is 6.57. The van der Waals surface area contributed by atoms with Crippen molar-refractivity contribution >= 4 is 6.29 Å². The van der Waals surface area contributed by atoms with Gasteiger partial charge in [0.2, 0.25) is 0 Å². The van der Waals surface area contributed by atoms with E-state index < -0.39 is 6.10 Å². The van der Waals surface area contributed by atoms with Crippen molar-refractivity contribution in [2.75, 3.05) is 0 Å². The Morgan fingerprint density at radius 1 is 1.75 bits per heavy atom. The minimum atomic E-state index is -0.514. The van der Waals surface area contributed by atoms with Gasteiger partial charge in [-0.3, -0.25) is 4.79 Å². The van der Waals surface area contributed by atoms with Gasteiger partial charge in [-0.1, -0.05) is 6.08 Å². The van der Waals surface area contributed by atoms with Crippen molar-refractivity contribution < 1.29 is 9.90 Å². The minimum Gasteiger partial charge on any atom is -0.389 e. The lowest BCUT2D eigenvalue weighted by atomic mass is 10.2. The third kappa shape index (κ3) is 3.56. The molecule has 0 aliphatic carbocycles. The van der Waals surface area contributed by atoms with Crippen molar-refractivity contribution in [3.05, 3.63) is 11.6 Å². The summed E-state index contributed by atoms with van der Waals surface area (Å²) in [6.07, 6.45) is 1.69. The van der Waals surface area contributed by atoms with E-state index in [9.17, 15) is 4.79 Å². The van der Waals surface area contributed by atoms with Gasteiger partial charge in [0, 0.05) is 0 Å². The smallest absolute Gasteiger partial charge is 0.145 e. The molecule has 0 saturated heterocycles. The van der Waals surface area contributed by atoms with E-state index >= 15 is 0 Å². The van der Waals surface area contributed by atoms with Gasteiger partial charge in [-0.2, -0.15) is 0 Å². The van der Waals surface area contributed by atoms with E-state index in [0.717, 1.165) is 0 Å². The highest BCUT2D eigenvalue weighted by Gasteiger charge is 1.88. The highest BCUT2D eigenvalue weighted by atomic mass is 16.3. The molecule has 0 rings (SSSR count). The molecule has 0 aliphatic rings. The Balaban J connectivity index is 3.74. The topological polar surface area (TPSA) is 37.3 Å². The summed E-state index contributed by atoms with van der Waals surface area (Å²) in [6.45, 7) is 3.26. The fraction of sp³-hybridized carbons (Fsp3) is 0.500. The molecule has 0 aliphatic heterocycles. The van der Waals surface area contributed by atoms with Crippen molar-refractivity contribution in [1.82, 2.24) is 0 Å². The summed E-state index contributed by atoms with van der Waals surface area (Å²) >= 11 is 0. The van der Waals surface area contributed by atoms with Gasteiger partial charge in [0.1, 0.15) is 6.29 Å². The summed E-state index contributed by atoms with van der Waals surface area (Å²) in [5, 5.41) is 8.62. The number of rotatable bonds is 2. The predicted octanol–water partition coefficient (Wildman–Crippen LogP) is 0.512. The molecule has 1 unspecified atom stereocenters. The maximum Gasteiger partial charge on any atom is 0.145 e. The van der Waals surface area contributed by atoms with E-state index in [4.69, 9.17) is 5.11 Å². The summed E-state index contributed by atoms with van der Waals surface area (Å²) in [4.78, 5) is 9.86. The van der Waals surface area contributed by atoms with Crippen LogP contribution in [0.2, 0.25) is 0 Å². The first-order valence-electron chi connectivity index (χ1n) is 2.48. The molecule has 8 heavy (non-hydrogen) atoms. The van der Waals surface area contributed by atoms with E-state index in [1.165, 1.54) is 6.08 Å². The van der Waals surface area contributed by atoms with Crippen LogP contribution >= 0.6 is 0 Å². The van der Waals surface area contributed by atoms with Crippen LogP contribution in [0.3, 0.4) is 0 Å². The summed E-state index contributed by atoms with van der Waals surface area (Å²) in [6, 6.07) is 0. The van der Waals surface area contributed by atoms with Gasteiger partial charge in [0.05, 0.1) is 6.10 Å². The zero-order valence-electron chi connectivity index (χ0n) is 5.09. The molecule has 0 amide bonds. The summed E-state index contributed by atoms with van der Waals surface area (Å²) in [7, 11) is 0. The van der Waals surface area contributed by atoms with E-state index in [0.29, 0.717) is 11.9 Å². The molecule has 0 fully saturated rings. The van der Waals surface area contributed by atoms with Gasteiger partial charge in [-0.05, 0) is 19.4 Å². The lowest BCUT2D eigenvalue weighted by Crippen LogP contribution is -1.94. The number of allylic oxidation sites excluding steroid dienone is 1. The third-order valence-corrected chi connectivity index (χ3v) is 0.690. The van der Waals surface area contributed by atoms with Crippen molar-refractivity contribution in [1.29, 1.82) is 0 Å². The molecule has 0 bridgehead atoms. The Morgan fingerprint density at radius 3 is 2.38 bits per heavy atom. The van der Waals surface area contributed by atoms with Crippen LogP contribution in [0.15, 0.2) is 11.6 Å². The molecular weight excluding hydrogens is 104 g/mol. The first-order valence-corrected chi connectivity index (χ1v) is 2.48. The van der Waals surface area contributed by atoms with Crippen molar-refractivity contribution in [3.8, 4) is 0 Å². The van der Waals surface area contributed by atoms with Crippen molar-refractivity contribution in [2.45, 2.75) is 20.0 Å². The number of aliphatic hydroxyl groups is 1. The molecule has 0 saturated carbocycles. The second-order valence-corrected chi connectivity index (χ2v) is 1.77. The molecule has 2 heteroatoms. The minimum absolute atomic E-state index is 0.514. The second-order valence-electron chi connectivity index (χ2n) is 1.77. The zero-order valence-corrected chi connectivity index (χ0v) is 5.09. The maximum absolute atomic E-state index is 9.86. The Labute approximate surface area is 48.8 Å². The molecule has 0 aromatic heterocycles. The molecule has 0 spiro atoms. The molecule has 0 radical (unpaired) electrons. The molecule has 0 heterocycles. The van der Waals surface area contributed by atoms with Crippen LogP contribution in [0.4, 0.5) is 0 Å². The Bertz CT molecular complexity index is 103. The Morgan fingerprint density at radius 2 is 2.25 bits per heavy atom. The lowest BCUT2D eigenvalue weighted by Gasteiger charge is -1.92. The highest BCUT2D eigenvalue weighted by Crippen LogP contribution is 1.89. The first-order chi connectivity index (χ1) is 3.66. The first kappa shape index (κ1) is 7.37. The van der Waals surface area contributed by atoms with Crippen molar-refractivity contribution in [3.63, 3.8) is 0 Å². The molecule has 0 aromatic carbocycles. The number of carbonyl (C=O) groups is 1. The average molecular weight is 114 g/mol. The maximum atomic E-state index is 9.86. The van der Waals surface area contributed by atoms with E-state index in [2.05, 4.69) is 0 Å². The number of hydrogen-bond acceptors (Lipinski definition) is 2. The van der Waals surface area contributed by atoms with Crippen LogP contribution in [0.25, 0.3) is 0 Å². The summed E-state index contributed by atoms with van der Waals surface area (Å²) in [5.74, 6) is 0. The normalized spacial score (nSPS) is 15.6. The fourth-order valence-electron chi connectivity index (χ4n) is 0.420. The van der Waals surface area contributed by atoms with Crippen LogP contribution < -0.4 is 0 Å². The van der Waals surface area contributed by atoms with Crippen LogP contribution in [0.1, 0.15) is 13.8 Å². The number of hydrogen-bond donors (Lipinski definition) is 1. The molecule has 46 valence electrons. The molecule has 1 atom stereocenters. The predicted molar refractivity (Wildman–Crippen MR) is 31.5 cm³/mol. The van der Waals surface area contributed by atoms with Gasteiger partial charge in [0.25, 0.3) is 0 Å². The summed E-state index contributed by atoms with van der Waals surface area (Å²) in [5.41, 5.74) is 0.569. The van der Waals surface area contributed by atoms with E-state index in [-0.39, 0.29) is 0 Å². The Kier molecular flexibility index (Phi) is 3.12. The fourth-order valence-corrected chi connectivity index (χ4v) is 0.420. The molecule has 1 N–H and O–H groups in total. The van der Waals surface area contributed by atoms with Gasteiger partial charge < -0.3 is 5.11 Å². The van der Waals surface area contributed by atoms with Gasteiger partial charge >= 0.3 is 0 Å². The number of aldehydes is 1. The SMILES string of the molecule is C/C(C=O)=C\C(C)O. The van der Waals surface area contributed by atoms with Crippen LogP contribution in [0, 0.1) is 0 Å². The Hall–Kier alpha value is -0.630. The molecule has 2 nitrogen and oxygen atoms in total. The monoisotopic (exact) mass is 114 g/mol. The van der Waals surface area contributed by atoms with Crippen LogP contribution in [-0.2, 0) is 4.79 Å². The van der Waals surface area contributed by atoms with Crippen LogP contribution in [0.5, 0.6) is 0 Å². The molecule has 0 aromatic rings. The standard InChI is InChI=1S/C6H10O2/c1-5(4-7)3-6(2)8/h3-4,6,8H,1-2H3/b5-3+. The highest BCUT2D eigenvalue weighted by molar-refractivity contribution is 5.72. The average Bonchev–Trinajstić information content (AvgIpc) is 1.65. The van der Waals surface area contributed by atoms with Crippen molar-refractivity contribution in [2.24, 2.45) is 0 Å².